The number of halogens is 1. The van der Waals surface area contributed by atoms with E-state index in [2.05, 4.69) is 9.82 Å². The van der Waals surface area contributed by atoms with E-state index < -0.39 is 10.0 Å². The quantitative estimate of drug-likeness (QED) is 0.884. The largest absolute Gasteiger partial charge is 0.383 e. The fourth-order valence-electron chi connectivity index (χ4n) is 1.57. The highest BCUT2D eigenvalue weighted by atomic mass is 35.5. The highest BCUT2D eigenvalue weighted by molar-refractivity contribution is 7.92. The zero-order chi connectivity index (χ0) is 14.6. The third-order valence-corrected chi connectivity index (χ3v) is 4.13. The van der Waals surface area contributed by atoms with E-state index in [9.17, 15) is 8.42 Å². The molecule has 6 nitrogen and oxygen atoms in total. The highest BCUT2D eigenvalue weighted by Gasteiger charge is 2.15. The minimum atomic E-state index is -3.66. The third kappa shape index (κ3) is 3.72. The van der Waals surface area contributed by atoms with Crippen LogP contribution in [0.5, 0.6) is 0 Å². The van der Waals surface area contributed by atoms with Crippen molar-refractivity contribution in [3.8, 4) is 0 Å². The number of sulfonamides is 1. The van der Waals surface area contributed by atoms with E-state index in [0.717, 1.165) is 0 Å². The average molecular weight is 316 g/mol. The van der Waals surface area contributed by atoms with E-state index in [1.165, 1.54) is 18.3 Å². The Labute approximate surface area is 122 Å². The zero-order valence-electron chi connectivity index (χ0n) is 10.8. The first-order valence-electron chi connectivity index (χ1n) is 5.81. The lowest BCUT2D eigenvalue weighted by Crippen LogP contribution is -2.12. The van der Waals surface area contributed by atoms with Crippen LogP contribution in [0.15, 0.2) is 41.6 Å². The van der Waals surface area contributed by atoms with Gasteiger partial charge in [-0.05, 0) is 18.2 Å². The number of nitrogens with zero attached hydrogens (tertiary/aromatic N) is 2. The van der Waals surface area contributed by atoms with E-state index in [-0.39, 0.29) is 4.90 Å². The van der Waals surface area contributed by atoms with Crippen LogP contribution in [0.4, 0.5) is 5.69 Å². The molecule has 2 rings (SSSR count). The van der Waals surface area contributed by atoms with Crippen molar-refractivity contribution in [3.63, 3.8) is 0 Å². The van der Waals surface area contributed by atoms with Crippen molar-refractivity contribution in [3.05, 3.63) is 41.7 Å². The van der Waals surface area contributed by atoms with Crippen LogP contribution in [0.1, 0.15) is 0 Å². The molecule has 20 heavy (non-hydrogen) atoms. The maximum atomic E-state index is 12.1. The van der Waals surface area contributed by atoms with Crippen LogP contribution in [-0.4, -0.2) is 31.9 Å². The fourth-order valence-corrected chi connectivity index (χ4v) is 2.90. The minimum absolute atomic E-state index is 0.106. The van der Waals surface area contributed by atoms with Gasteiger partial charge in [0.25, 0.3) is 10.0 Å². The van der Waals surface area contributed by atoms with Gasteiger partial charge in [0.2, 0.25) is 0 Å². The van der Waals surface area contributed by atoms with Crippen LogP contribution in [0, 0.1) is 0 Å². The number of hydrogen-bond donors (Lipinski definition) is 1. The number of methoxy groups -OCH3 is 1. The number of aromatic nitrogens is 2. The van der Waals surface area contributed by atoms with Crippen LogP contribution < -0.4 is 4.72 Å². The lowest BCUT2D eigenvalue weighted by Gasteiger charge is -2.06. The Morgan fingerprint density at radius 2 is 2.25 bits per heavy atom. The molecule has 1 heterocycles. The Bertz CT molecular complexity index is 685. The van der Waals surface area contributed by atoms with Crippen molar-refractivity contribution in [1.29, 1.82) is 0 Å². The molecule has 0 amide bonds. The van der Waals surface area contributed by atoms with Gasteiger partial charge in [-0.25, -0.2) is 8.42 Å². The van der Waals surface area contributed by atoms with Crippen molar-refractivity contribution >= 4 is 27.3 Å². The Kier molecular flexibility index (Phi) is 4.64. The Hall–Kier alpha value is -1.57. The van der Waals surface area contributed by atoms with Gasteiger partial charge in [-0.2, -0.15) is 5.10 Å². The summed E-state index contributed by atoms with van der Waals surface area (Å²) in [5, 5.41) is 4.40. The maximum Gasteiger partial charge on any atom is 0.262 e. The van der Waals surface area contributed by atoms with Gasteiger partial charge in [0.1, 0.15) is 0 Å². The van der Waals surface area contributed by atoms with Gasteiger partial charge < -0.3 is 4.74 Å². The van der Waals surface area contributed by atoms with Crippen molar-refractivity contribution in [1.82, 2.24) is 9.78 Å². The zero-order valence-corrected chi connectivity index (χ0v) is 12.4. The van der Waals surface area contributed by atoms with Gasteiger partial charge >= 0.3 is 0 Å². The molecule has 0 aliphatic carbocycles. The normalized spacial score (nSPS) is 11.5. The second-order valence-corrected chi connectivity index (χ2v) is 6.17. The summed E-state index contributed by atoms with van der Waals surface area (Å²) in [6, 6.07) is 6.06. The summed E-state index contributed by atoms with van der Waals surface area (Å²) in [6.45, 7) is 1.05. The van der Waals surface area contributed by atoms with Gasteiger partial charge in [-0.3, -0.25) is 9.40 Å². The van der Waals surface area contributed by atoms with Crippen molar-refractivity contribution in [2.45, 2.75) is 11.4 Å². The molecule has 8 heteroatoms. The first kappa shape index (κ1) is 14.8. The van der Waals surface area contributed by atoms with Gasteiger partial charge in [0, 0.05) is 18.3 Å². The summed E-state index contributed by atoms with van der Waals surface area (Å²) < 4.78 is 33.3. The first-order valence-corrected chi connectivity index (χ1v) is 7.67. The second kappa shape index (κ2) is 6.25. The summed E-state index contributed by atoms with van der Waals surface area (Å²) in [5.41, 5.74) is 0.390. The van der Waals surface area contributed by atoms with Crippen LogP contribution in [-0.2, 0) is 21.3 Å². The van der Waals surface area contributed by atoms with Gasteiger partial charge in [0.05, 0.1) is 29.9 Å². The van der Waals surface area contributed by atoms with Crippen LogP contribution >= 0.6 is 11.6 Å². The summed E-state index contributed by atoms with van der Waals surface area (Å²) in [6.07, 6.45) is 3.04. The first-order chi connectivity index (χ1) is 9.51. The molecule has 0 saturated heterocycles. The molecule has 0 radical (unpaired) electrons. The molecule has 2 aromatic rings. The number of hydrogen-bond acceptors (Lipinski definition) is 4. The van der Waals surface area contributed by atoms with Crippen LogP contribution in [0.3, 0.4) is 0 Å². The summed E-state index contributed by atoms with van der Waals surface area (Å²) in [7, 11) is -2.07. The van der Waals surface area contributed by atoms with Crippen LogP contribution in [0.25, 0.3) is 0 Å². The van der Waals surface area contributed by atoms with Crippen molar-refractivity contribution in [2.75, 3.05) is 18.4 Å². The molecule has 0 fully saturated rings. The topological polar surface area (TPSA) is 73.2 Å². The lowest BCUT2D eigenvalue weighted by molar-refractivity contribution is 0.183. The van der Waals surface area contributed by atoms with E-state index in [0.29, 0.717) is 23.9 Å². The predicted octanol–water partition coefficient (Wildman–Crippen LogP) is 1.98. The molecule has 0 aliphatic heterocycles. The summed E-state index contributed by atoms with van der Waals surface area (Å²) >= 11 is 5.79. The van der Waals surface area contributed by atoms with E-state index in [1.54, 1.807) is 30.1 Å². The number of benzene rings is 1. The number of nitrogens with one attached hydrogen (secondary N) is 1. The van der Waals surface area contributed by atoms with Gasteiger partial charge in [0.15, 0.2) is 0 Å². The average Bonchev–Trinajstić information content (AvgIpc) is 2.83. The Morgan fingerprint density at radius 1 is 1.45 bits per heavy atom. The molecular weight excluding hydrogens is 302 g/mol. The van der Waals surface area contributed by atoms with Gasteiger partial charge in [-0.15, -0.1) is 0 Å². The molecular formula is C12H14ClN3O3S. The smallest absolute Gasteiger partial charge is 0.262 e. The Balaban J connectivity index is 2.14. The number of ether oxygens (including phenoxy) is 1. The van der Waals surface area contributed by atoms with E-state index >= 15 is 0 Å². The van der Waals surface area contributed by atoms with E-state index in [4.69, 9.17) is 16.3 Å². The molecule has 0 aliphatic rings. The Morgan fingerprint density at radius 3 is 2.95 bits per heavy atom. The molecule has 1 aromatic heterocycles. The minimum Gasteiger partial charge on any atom is -0.383 e. The van der Waals surface area contributed by atoms with Gasteiger partial charge in [-0.1, -0.05) is 17.7 Å². The van der Waals surface area contributed by atoms with E-state index in [1.807, 2.05) is 0 Å². The number of rotatable bonds is 6. The second-order valence-electron chi connectivity index (χ2n) is 4.05. The third-order valence-electron chi connectivity index (χ3n) is 2.52. The highest BCUT2D eigenvalue weighted by Crippen LogP contribution is 2.18. The molecule has 0 spiro atoms. The van der Waals surface area contributed by atoms with Crippen molar-refractivity contribution in [2.24, 2.45) is 0 Å². The fraction of sp³-hybridized carbons (Fsp3) is 0.250. The lowest BCUT2D eigenvalue weighted by atomic mass is 10.4. The predicted molar refractivity (Wildman–Crippen MR) is 76.4 cm³/mol. The monoisotopic (exact) mass is 315 g/mol. The summed E-state index contributed by atoms with van der Waals surface area (Å²) in [5.74, 6) is 0. The number of anilines is 1. The van der Waals surface area contributed by atoms with Crippen molar-refractivity contribution < 1.29 is 13.2 Å². The molecule has 0 atom stereocenters. The molecule has 0 bridgehead atoms. The molecule has 108 valence electrons. The molecule has 1 N–H and O–H groups in total. The SMILES string of the molecule is COCCn1cc(NS(=O)(=O)c2cccc(Cl)c2)cn1. The molecule has 0 unspecified atom stereocenters. The maximum absolute atomic E-state index is 12.1. The van der Waals surface area contributed by atoms with Crippen LogP contribution in [0.2, 0.25) is 5.02 Å². The molecule has 1 aromatic carbocycles. The standard InChI is InChI=1S/C12H14ClN3O3S/c1-19-6-5-16-9-11(8-14-16)15-20(17,18)12-4-2-3-10(13)7-12/h2-4,7-9,15H,5-6H2,1H3. The molecule has 0 saturated carbocycles. The summed E-state index contributed by atoms with van der Waals surface area (Å²) in [4.78, 5) is 0.106.